The highest BCUT2D eigenvalue weighted by Crippen LogP contribution is 2.54. The summed E-state index contributed by atoms with van der Waals surface area (Å²) in [7, 11) is -8.13. The molecule has 1 atom stereocenters. The van der Waals surface area contributed by atoms with Crippen molar-refractivity contribution in [1.82, 2.24) is 9.44 Å². The number of aryl methyl sites for hydroxylation is 2. The van der Waals surface area contributed by atoms with Crippen molar-refractivity contribution in [3.05, 3.63) is 118 Å². The standard InChI is InChI=1S/C44H48N8O10S2/c1-19(2)31-27-15-21(5)33(39(55)35(27)29(37(53)41(31)57)17-49-23-7-11-25(12-8-23)63(59,60)51-43(45)46)34-22(6)16-28-32(20(3)4)42(58)38(54)30(36(28)40(34)56)18-50-24-9-13-26(14-10-24)64(61,62)52-44(47)48/h7-20,37,49-50,53,55-58H,1-6H3,(H4,45,46,51)(H4,47,48,52)/p+2/b29-17-,30-18-. The molecule has 6 rings (SSSR count). The van der Waals surface area contributed by atoms with Crippen molar-refractivity contribution in [2.75, 3.05) is 10.6 Å². The molecule has 0 saturated heterocycles. The molecule has 64 heavy (non-hydrogen) atoms. The number of Topliss-reactive ketones (excluding diaryl/α,β-unsaturated/α-hetero) is 1. The Bertz CT molecular complexity index is 3010. The normalized spacial score (nSPS) is 16.6. The van der Waals surface area contributed by atoms with Crippen LogP contribution >= 0.6 is 0 Å². The van der Waals surface area contributed by atoms with Crippen molar-refractivity contribution in [3.63, 3.8) is 0 Å². The summed E-state index contributed by atoms with van der Waals surface area (Å²) in [5.41, 5.74) is 13.9. The Labute approximate surface area is 369 Å². The maximum atomic E-state index is 14.0. The molecular weight excluding hydrogens is 865 g/mol. The van der Waals surface area contributed by atoms with Crippen molar-refractivity contribution in [3.8, 4) is 22.6 Å². The van der Waals surface area contributed by atoms with Gasteiger partial charge in [-0.1, -0.05) is 39.8 Å². The van der Waals surface area contributed by atoms with E-state index in [1.807, 2.05) is 23.3 Å². The van der Waals surface area contributed by atoms with Gasteiger partial charge in [0.15, 0.2) is 5.76 Å². The predicted molar refractivity (Wildman–Crippen MR) is 243 cm³/mol. The van der Waals surface area contributed by atoms with Crippen LogP contribution in [0.4, 0.5) is 11.4 Å². The number of fused-ring (bicyclic) bond motifs is 2. The number of aliphatic hydroxyl groups excluding tert-OH is 3. The van der Waals surface area contributed by atoms with Gasteiger partial charge in [-0.25, -0.2) is 0 Å². The second-order valence-corrected chi connectivity index (χ2v) is 19.3. The Morgan fingerprint density at radius 2 is 1.06 bits per heavy atom. The molecule has 4 aromatic rings. The average Bonchev–Trinajstić information content (AvgIpc) is 3.19. The summed E-state index contributed by atoms with van der Waals surface area (Å²) < 4.78 is 54.2. The van der Waals surface area contributed by atoms with E-state index in [9.17, 15) is 47.2 Å². The van der Waals surface area contributed by atoms with Crippen molar-refractivity contribution in [2.45, 2.75) is 57.4 Å². The maximum Gasteiger partial charge on any atom is 0.353 e. The van der Waals surface area contributed by atoms with Gasteiger partial charge in [-0.3, -0.25) is 27.1 Å². The number of phenols is 2. The molecule has 4 aromatic carbocycles. The molecule has 0 amide bonds. The summed E-state index contributed by atoms with van der Waals surface area (Å²) in [6.45, 7) is 10.6. The molecule has 2 aliphatic rings. The van der Waals surface area contributed by atoms with E-state index >= 15 is 0 Å². The number of nitrogens with one attached hydrogen (secondary N) is 4. The molecule has 0 radical (unpaired) electrons. The lowest BCUT2D eigenvalue weighted by Gasteiger charge is -2.32. The van der Waals surface area contributed by atoms with Crippen LogP contribution in [-0.4, -0.2) is 66.2 Å². The van der Waals surface area contributed by atoms with Gasteiger partial charge in [-0.15, -0.1) is 0 Å². The third kappa shape index (κ3) is 8.44. The smallest absolute Gasteiger partial charge is 0.353 e. The second kappa shape index (κ2) is 17.1. The molecule has 0 saturated carbocycles. The molecule has 0 spiro atoms. The van der Waals surface area contributed by atoms with Crippen molar-refractivity contribution < 1.29 is 58.0 Å². The number of ketones is 1. The number of guanidine groups is 2. The van der Waals surface area contributed by atoms with Crippen LogP contribution in [0.2, 0.25) is 0 Å². The van der Waals surface area contributed by atoms with Gasteiger partial charge in [0.2, 0.25) is 5.78 Å². The number of hydrogen-bond donors (Lipinski definition) is 13. The minimum atomic E-state index is -4.07. The maximum absolute atomic E-state index is 14.0. The number of carbonyl (C=O) groups excluding carboxylic acids is 1. The summed E-state index contributed by atoms with van der Waals surface area (Å²) in [6, 6.07) is 14.2. The first-order chi connectivity index (χ1) is 29.9. The summed E-state index contributed by atoms with van der Waals surface area (Å²) in [5, 5.41) is 75.9. The van der Waals surface area contributed by atoms with Gasteiger partial charge in [-0.05, 0) is 96.5 Å². The number of phenolic OH excluding ortho intramolecular Hbond substituents is 2. The van der Waals surface area contributed by atoms with Crippen molar-refractivity contribution in [2.24, 2.45) is 23.3 Å². The Morgan fingerprint density at radius 3 is 1.48 bits per heavy atom. The molecule has 0 heterocycles. The minimum Gasteiger partial charge on any atom is -0.509 e. The average molecular weight is 915 g/mol. The monoisotopic (exact) mass is 914 g/mol. The SMILES string of the molecule is Cc1cc2c(c(O)c1-c1c(C)cc3c(c1O)/C(=C/Nc1ccc(S(=O)(=O)NC(N)=[NH2+])cc1)C(O)C(O)=C3C(C)C)/C(=C/Nc1ccc(S(=O)(=O)NC(N)=[NH2+])cc1)C(=O)C(O)=C2C(C)C. The van der Waals surface area contributed by atoms with E-state index in [1.54, 1.807) is 39.8 Å². The van der Waals surface area contributed by atoms with Gasteiger partial charge < -0.3 is 36.2 Å². The zero-order chi connectivity index (χ0) is 47.3. The Hall–Kier alpha value is -7.29. The number of nitrogens with two attached hydrogens (primary N) is 4. The highest BCUT2D eigenvalue weighted by atomic mass is 32.2. The van der Waals surface area contributed by atoms with E-state index in [1.165, 1.54) is 60.9 Å². The van der Waals surface area contributed by atoms with Crippen LogP contribution < -0.4 is 42.4 Å². The molecule has 336 valence electrons. The van der Waals surface area contributed by atoms with Crippen LogP contribution in [0, 0.1) is 25.7 Å². The Balaban J connectivity index is 1.52. The summed E-state index contributed by atoms with van der Waals surface area (Å²) in [6.07, 6.45) is 0.989. The molecule has 0 aromatic heterocycles. The lowest BCUT2D eigenvalue weighted by atomic mass is 9.75. The Morgan fingerprint density at radius 1 is 0.656 bits per heavy atom. The number of aliphatic hydroxyl groups is 3. The fourth-order valence-corrected chi connectivity index (χ4v) is 9.81. The number of sulfonamides is 2. The molecular formula is C44H50N8O10S2+2. The van der Waals surface area contributed by atoms with E-state index in [0.29, 0.717) is 39.2 Å². The minimum absolute atomic E-state index is 0.0313. The number of rotatable bonds is 11. The second-order valence-electron chi connectivity index (χ2n) is 15.9. The van der Waals surface area contributed by atoms with Crippen LogP contribution in [0.5, 0.6) is 11.5 Å². The molecule has 18 nitrogen and oxygen atoms in total. The lowest BCUT2D eigenvalue weighted by Crippen LogP contribution is -2.56. The van der Waals surface area contributed by atoms with Gasteiger partial charge >= 0.3 is 32.0 Å². The van der Waals surface area contributed by atoms with Crippen LogP contribution in [0.1, 0.15) is 61.1 Å². The summed E-state index contributed by atoms with van der Waals surface area (Å²) >= 11 is 0. The molecule has 2 aliphatic carbocycles. The zero-order valence-corrected chi connectivity index (χ0v) is 37.2. The summed E-state index contributed by atoms with van der Waals surface area (Å²) in [5.74, 6) is -4.24. The zero-order valence-electron chi connectivity index (χ0n) is 35.6. The van der Waals surface area contributed by atoms with Crippen LogP contribution in [0.3, 0.4) is 0 Å². The number of aromatic hydroxyl groups is 2. The van der Waals surface area contributed by atoms with Gasteiger partial charge in [0.25, 0.3) is 0 Å². The summed E-state index contributed by atoms with van der Waals surface area (Å²) in [4.78, 5) is 13.7. The topological polar surface area (TPSA) is 338 Å². The number of allylic oxidation sites excluding steroid dienone is 3. The van der Waals surface area contributed by atoms with Gasteiger partial charge in [0.1, 0.15) is 33.2 Å². The van der Waals surface area contributed by atoms with E-state index in [0.717, 1.165) is 0 Å². The molecule has 17 N–H and O–H groups in total. The third-order valence-electron chi connectivity index (χ3n) is 10.7. The molecule has 0 bridgehead atoms. The fourth-order valence-electron chi connectivity index (χ4n) is 7.97. The predicted octanol–water partition coefficient (Wildman–Crippen LogP) is 1.80. The van der Waals surface area contributed by atoms with Crippen molar-refractivity contribution >= 4 is 71.4 Å². The number of hydrogen-bond acceptors (Lipinski definition) is 12. The largest absolute Gasteiger partial charge is 0.509 e. The van der Waals surface area contributed by atoms with E-state index in [-0.39, 0.29) is 72.1 Å². The van der Waals surface area contributed by atoms with Crippen LogP contribution in [0.15, 0.2) is 94.4 Å². The number of carbonyl (C=O) groups is 1. The van der Waals surface area contributed by atoms with Crippen LogP contribution in [-0.2, 0) is 24.8 Å². The molecule has 20 heteroatoms. The fraction of sp³-hybridized carbons (Fsp3) is 0.205. The first kappa shape index (κ1) is 46.2. The van der Waals surface area contributed by atoms with Gasteiger partial charge in [-0.2, -0.15) is 26.3 Å². The molecule has 0 aliphatic heterocycles. The third-order valence-corrected chi connectivity index (χ3v) is 13.5. The van der Waals surface area contributed by atoms with Crippen molar-refractivity contribution in [1.29, 1.82) is 0 Å². The molecule has 0 fully saturated rings. The van der Waals surface area contributed by atoms with Gasteiger partial charge in [0, 0.05) is 62.7 Å². The van der Waals surface area contributed by atoms with Crippen LogP contribution in [0.25, 0.3) is 33.4 Å². The van der Waals surface area contributed by atoms with E-state index in [4.69, 9.17) is 22.3 Å². The first-order valence-corrected chi connectivity index (χ1v) is 22.6. The van der Waals surface area contributed by atoms with Gasteiger partial charge in [0.05, 0.1) is 5.57 Å². The highest BCUT2D eigenvalue weighted by molar-refractivity contribution is 7.90. The number of anilines is 2. The lowest BCUT2D eigenvalue weighted by molar-refractivity contribution is -0.119. The quantitative estimate of drug-likeness (QED) is 0.0580. The van der Waals surface area contributed by atoms with E-state index < -0.39 is 55.4 Å². The van der Waals surface area contributed by atoms with E-state index in [2.05, 4.69) is 10.6 Å². The molecule has 1 unspecified atom stereocenters. The Kier molecular flexibility index (Phi) is 12.4. The number of benzene rings is 4. The first-order valence-electron chi connectivity index (χ1n) is 19.7. The highest BCUT2D eigenvalue weighted by Gasteiger charge is 2.39.